The predicted molar refractivity (Wildman–Crippen MR) is 79.6 cm³/mol. The van der Waals surface area contributed by atoms with Crippen molar-refractivity contribution in [1.29, 1.82) is 0 Å². The van der Waals surface area contributed by atoms with E-state index in [2.05, 4.69) is 32.0 Å². The summed E-state index contributed by atoms with van der Waals surface area (Å²) in [6.45, 7) is 4.28. The first-order valence-corrected chi connectivity index (χ1v) is 6.49. The fourth-order valence-electron chi connectivity index (χ4n) is 3.27. The van der Waals surface area contributed by atoms with Crippen LogP contribution in [0.2, 0.25) is 0 Å². The maximum Gasteiger partial charge on any atom is 0.124 e. The predicted octanol–water partition coefficient (Wildman–Crippen LogP) is 5.34. The third-order valence-electron chi connectivity index (χ3n) is 4.09. The molecule has 0 atom stereocenters. The molecule has 0 saturated carbocycles. The molecule has 0 aliphatic rings. The van der Waals surface area contributed by atoms with Gasteiger partial charge in [0.15, 0.2) is 0 Å². The molecule has 0 fully saturated rings. The normalized spacial score (nSPS) is 11.9. The summed E-state index contributed by atoms with van der Waals surface area (Å²) in [6.07, 6.45) is 0. The third kappa shape index (κ3) is 1.33. The molecule has 0 aromatic heterocycles. The van der Waals surface area contributed by atoms with Crippen LogP contribution in [0, 0.1) is 19.7 Å². The monoisotopic (exact) mass is 248 g/mol. The zero-order valence-corrected chi connectivity index (χ0v) is 10.9. The van der Waals surface area contributed by atoms with Gasteiger partial charge in [0.1, 0.15) is 5.82 Å². The molecule has 0 spiro atoms. The fraction of sp³-hybridized carbons (Fsp3) is 0.111. The summed E-state index contributed by atoms with van der Waals surface area (Å²) in [6, 6.07) is 13.7. The molecule has 4 rings (SSSR count). The molecule has 0 nitrogen and oxygen atoms in total. The maximum atomic E-state index is 13.6. The highest BCUT2D eigenvalue weighted by Crippen LogP contribution is 2.37. The minimum absolute atomic E-state index is 0.167. The lowest BCUT2D eigenvalue weighted by atomic mass is 9.90. The smallest absolute Gasteiger partial charge is 0.124 e. The molecule has 0 amide bonds. The van der Waals surface area contributed by atoms with Gasteiger partial charge in [0.2, 0.25) is 0 Å². The number of aryl methyl sites for hydroxylation is 2. The summed E-state index contributed by atoms with van der Waals surface area (Å²) in [7, 11) is 0. The van der Waals surface area contributed by atoms with Gasteiger partial charge in [-0.1, -0.05) is 30.3 Å². The first kappa shape index (κ1) is 10.7. The SMILES string of the molecule is Cc1cc(C)c2ccc3cc(F)cc4ccc1c2c43. The summed E-state index contributed by atoms with van der Waals surface area (Å²) < 4.78 is 13.6. The van der Waals surface area contributed by atoms with Crippen molar-refractivity contribution in [2.24, 2.45) is 0 Å². The second kappa shape index (κ2) is 3.45. The lowest BCUT2D eigenvalue weighted by Gasteiger charge is -2.14. The molecule has 0 aliphatic heterocycles. The Morgan fingerprint density at radius 1 is 0.684 bits per heavy atom. The Kier molecular flexibility index (Phi) is 1.95. The minimum Gasteiger partial charge on any atom is -0.207 e. The number of benzene rings is 4. The van der Waals surface area contributed by atoms with E-state index in [0.717, 1.165) is 10.8 Å². The van der Waals surface area contributed by atoms with Crippen molar-refractivity contribution in [2.45, 2.75) is 13.8 Å². The van der Waals surface area contributed by atoms with E-state index in [4.69, 9.17) is 0 Å². The fourth-order valence-corrected chi connectivity index (χ4v) is 3.27. The van der Waals surface area contributed by atoms with Crippen molar-refractivity contribution < 1.29 is 4.39 Å². The van der Waals surface area contributed by atoms with Crippen molar-refractivity contribution in [1.82, 2.24) is 0 Å². The lowest BCUT2D eigenvalue weighted by molar-refractivity contribution is 0.631. The molecule has 0 heterocycles. The summed E-state index contributed by atoms with van der Waals surface area (Å²) in [5, 5.41) is 6.96. The minimum atomic E-state index is -0.167. The Bertz CT molecular complexity index is 865. The Hall–Kier alpha value is -2.15. The van der Waals surface area contributed by atoms with Gasteiger partial charge in [-0.05, 0) is 69.4 Å². The molecule has 0 aliphatic carbocycles. The average molecular weight is 248 g/mol. The molecule has 0 saturated heterocycles. The summed E-state index contributed by atoms with van der Waals surface area (Å²) in [5.41, 5.74) is 2.56. The van der Waals surface area contributed by atoms with E-state index < -0.39 is 0 Å². The van der Waals surface area contributed by atoms with Crippen molar-refractivity contribution in [3.05, 3.63) is 59.4 Å². The van der Waals surface area contributed by atoms with E-state index in [1.807, 2.05) is 12.1 Å². The Balaban J connectivity index is 2.44. The van der Waals surface area contributed by atoms with Crippen LogP contribution < -0.4 is 0 Å². The third-order valence-corrected chi connectivity index (χ3v) is 4.09. The summed E-state index contributed by atoms with van der Waals surface area (Å²) in [5.74, 6) is -0.167. The molecule has 0 unspecified atom stereocenters. The lowest BCUT2D eigenvalue weighted by Crippen LogP contribution is -1.89. The molecule has 0 N–H and O–H groups in total. The van der Waals surface area contributed by atoms with Crippen LogP contribution in [-0.4, -0.2) is 0 Å². The second-order valence-corrected chi connectivity index (χ2v) is 5.34. The number of halogens is 1. The van der Waals surface area contributed by atoms with Gasteiger partial charge in [0.25, 0.3) is 0 Å². The van der Waals surface area contributed by atoms with E-state index in [1.165, 1.54) is 32.7 Å². The highest BCUT2D eigenvalue weighted by atomic mass is 19.1. The molecule has 19 heavy (non-hydrogen) atoms. The van der Waals surface area contributed by atoms with Gasteiger partial charge in [0, 0.05) is 0 Å². The Morgan fingerprint density at radius 3 is 1.74 bits per heavy atom. The van der Waals surface area contributed by atoms with E-state index in [1.54, 1.807) is 12.1 Å². The Labute approximate surface area is 110 Å². The van der Waals surface area contributed by atoms with E-state index in [-0.39, 0.29) is 5.82 Å². The second-order valence-electron chi connectivity index (χ2n) is 5.34. The quantitative estimate of drug-likeness (QED) is 0.368. The largest absolute Gasteiger partial charge is 0.207 e. The van der Waals surface area contributed by atoms with Gasteiger partial charge >= 0.3 is 0 Å². The van der Waals surface area contributed by atoms with Gasteiger partial charge in [-0.2, -0.15) is 0 Å². The van der Waals surface area contributed by atoms with Gasteiger partial charge in [-0.15, -0.1) is 0 Å². The molecule has 4 aromatic rings. The number of rotatable bonds is 0. The molecule has 1 heteroatoms. The zero-order valence-electron chi connectivity index (χ0n) is 10.9. The van der Waals surface area contributed by atoms with Crippen molar-refractivity contribution in [3.8, 4) is 0 Å². The number of hydrogen-bond donors (Lipinski definition) is 0. The molecular weight excluding hydrogens is 235 g/mol. The van der Waals surface area contributed by atoms with Crippen LogP contribution in [0.25, 0.3) is 32.3 Å². The standard InChI is InChI=1S/C18H13F/c1-10-7-11(2)16-6-4-13-9-14(19)8-12-3-5-15(10)18(16)17(12)13/h3-9H,1-2H3. The van der Waals surface area contributed by atoms with E-state index in [0.29, 0.717) is 0 Å². The summed E-state index contributed by atoms with van der Waals surface area (Å²) >= 11 is 0. The molecule has 92 valence electrons. The molecule has 0 radical (unpaired) electrons. The van der Waals surface area contributed by atoms with Crippen LogP contribution in [0.4, 0.5) is 4.39 Å². The van der Waals surface area contributed by atoms with Crippen LogP contribution in [0.3, 0.4) is 0 Å². The number of hydrogen-bond acceptors (Lipinski definition) is 0. The first-order chi connectivity index (χ1) is 9.15. The van der Waals surface area contributed by atoms with Crippen molar-refractivity contribution in [3.63, 3.8) is 0 Å². The van der Waals surface area contributed by atoms with Crippen LogP contribution >= 0.6 is 0 Å². The van der Waals surface area contributed by atoms with Crippen LogP contribution in [0.5, 0.6) is 0 Å². The molecule has 4 aromatic carbocycles. The molecule has 0 bridgehead atoms. The average Bonchev–Trinajstić information content (AvgIpc) is 2.37. The summed E-state index contributed by atoms with van der Waals surface area (Å²) in [4.78, 5) is 0. The van der Waals surface area contributed by atoms with Gasteiger partial charge in [-0.3, -0.25) is 0 Å². The topological polar surface area (TPSA) is 0 Å². The van der Waals surface area contributed by atoms with Gasteiger partial charge < -0.3 is 0 Å². The highest BCUT2D eigenvalue weighted by molar-refractivity contribution is 6.24. The van der Waals surface area contributed by atoms with Crippen LogP contribution in [0.1, 0.15) is 11.1 Å². The van der Waals surface area contributed by atoms with Crippen LogP contribution in [0.15, 0.2) is 42.5 Å². The zero-order chi connectivity index (χ0) is 13.1. The van der Waals surface area contributed by atoms with Crippen molar-refractivity contribution in [2.75, 3.05) is 0 Å². The van der Waals surface area contributed by atoms with Gasteiger partial charge in [-0.25, -0.2) is 4.39 Å². The van der Waals surface area contributed by atoms with Crippen molar-refractivity contribution >= 4 is 32.3 Å². The first-order valence-electron chi connectivity index (χ1n) is 6.49. The van der Waals surface area contributed by atoms with E-state index in [9.17, 15) is 4.39 Å². The van der Waals surface area contributed by atoms with Gasteiger partial charge in [0.05, 0.1) is 0 Å². The Morgan fingerprint density at radius 2 is 1.21 bits per heavy atom. The van der Waals surface area contributed by atoms with Crippen LogP contribution in [-0.2, 0) is 0 Å². The molecular formula is C18H13F. The van der Waals surface area contributed by atoms with E-state index >= 15 is 0 Å². The maximum absolute atomic E-state index is 13.6. The highest BCUT2D eigenvalue weighted by Gasteiger charge is 2.12.